The lowest BCUT2D eigenvalue weighted by Gasteiger charge is -2.30. The van der Waals surface area contributed by atoms with Crippen LogP contribution in [0.4, 0.5) is 0 Å². The Bertz CT molecular complexity index is 1110. The Morgan fingerprint density at radius 1 is 1.17 bits per heavy atom. The molecule has 1 amide bonds. The summed E-state index contributed by atoms with van der Waals surface area (Å²) < 4.78 is 1.63. The lowest BCUT2D eigenvalue weighted by atomic mass is 10.1. The lowest BCUT2D eigenvalue weighted by molar-refractivity contribution is 0.0679. The van der Waals surface area contributed by atoms with E-state index < -0.39 is 6.04 Å². The van der Waals surface area contributed by atoms with E-state index in [-0.39, 0.29) is 11.5 Å². The lowest BCUT2D eigenvalue weighted by Crippen LogP contribution is -2.38. The van der Waals surface area contributed by atoms with Gasteiger partial charge >= 0.3 is 0 Å². The number of benzene rings is 2. The highest BCUT2D eigenvalue weighted by Gasteiger charge is 2.27. The van der Waals surface area contributed by atoms with Gasteiger partial charge < -0.3 is 4.90 Å². The van der Waals surface area contributed by atoms with Crippen LogP contribution >= 0.6 is 23.2 Å². The van der Waals surface area contributed by atoms with Crippen molar-refractivity contribution in [1.82, 2.24) is 14.5 Å². The summed E-state index contributed by atoms with van der Waals surface area (Å²) in [4.78, 5) is 32.7. The van der Waals surface area contributed by atoms with Gasteiger partial charge in [0.05, 0.1) is 27.5 Å². The fourth-order valence-electron chi connectivity index (χ4n) is 3.48. The average molecular weight is 432 g/mol. The molecule has 152 valence electrons. The molecule has 7 heteroatoms. The number of rotatable bonds is 6. The molecule has 3 aromatic rings. The first-order valence-corrected chi connectivity index (χ1v) is 10.4. The Labute approximate surface area is 179 Å². The summed E-state index contributed by atoms with van der Waals surface area (Å²) in [5.74, 6) is 0.342. The minimum atomic E-state index is -0.411. The maximum absolute atomic E-state index is 13.3. The van der Waals surface area contributed by atoms with Gasteiger partial charge in [-0.25, -0.2) is 4.98 Å². The van der Waals surface area contributed by atoms with Crippen molar-refractivity contribution in [2.24, 2.45) is 0 Å². The zero-order chi connectivity index (χ0) is 21.1. The van der Waals surface area contributed by atoms with Crippen molar-refractivity contribution >= 4 is 40.0 Å². The van der Waals surface area contributed by atoms with Gasteiger partial charge in [-0.3, -0.25) is 14.2 Å². The second kappa shape index (κ2) is 8.97. The normalized spacial score (nSPS) is 12.2. The molecule has 0 saturated carbocycles. The van der Waals surface area contributed by atoms with E-state index in [2.05, 4.69) is 0 Å². The SMILES string of the molecule is CCCN(C(=O)c1ccc(Cl)cc1Cl)C(C)c1nc2ccccc2c(=O)n1CC. The molecule has 0 fully saturated rings. The fraction of sp³-hybridized carbons (Fsp3) is 0.318. The van der Waals surface area contributed by atoms with Crippen LogP contribution in [0, 0.1) is 0 Å². The summed E-state index contributed by atoms with van der Waals surface area (Å²) in [5, 5.41) is 1.34. The summed E-state index contributed by atoms with van der Waals surface area (Å²) in [5.41, 5.74) is 0.897. The first-order valence-electron chi connectivity index (χ1n) is 9.64. The van der Waals surface area contributed by atoms with Gasteiger partial charge in [0.15, 0.2) is 0 Å². The molecule has 1 atom stereocenters. The van der Waals surface area contributed by atoms with Gasteiger partial charge in [-0.15, -0.1) is 0 Å². The van der Waals surface area contributed by atoms with Crippen molar-refractivity contribution in [3.63, 3.8) is 0 Å². The van der Waals surface area contributed by atoms with E-state index in [0.717, 1.165) is 6.42 Å². The molecule has 29 heavy (non-hydrogen) atoms. The summed E-state index contributed by atoms with van der Waals surface area (Å²) in [6.45, 7) is 6.75. The predicted molar refractivity (Wildman–Crippen MR) is 118 cm³/mol. The molecule has 2 aromatic carbocycles. The molecule has 1 heterocycles. The van der Waals surface area contributed by atoms with E-state index in [1.807, 2.05) is 39.0 Å². The minimum Gasteiger partial charge on any atom is -0.329 e. The van der Waals surface area contributed by atoms with Crippen molar-refractivity contribution < 1.29 is 4.79 Å². The van der Waals surface area contributed by atoms with Gasteiger partial charge in [0.2, 0.25) is 0 Å². The number of amides is 1. The standard InChI is InChI=1S/C22H23Cl2N3O2/c1-4-12-27(21(28)16-11-10-15(23)13-18(16)24)14(3)20-25-19-9-7-6-8-17(19)22(29)26(20)5-2/h6-11,13-14H,4-5,12H2,1-3H3. The second-order valence-corrected chi connectivity index (χ2v) is 7.68. The third kappa shape index (κ3) is 4.16. The van der Waals surface area contributed by atoms with Crippen molar-refractivity contribution in [2.75, 3.05) is 6.54 Å². The van der Waals surface area contributed by atoms with E-state index in [9.17, 15) is 9.59 Å². The van der Waals surface area contributed by atoms with E-state index in [4.69, 9.17) is 28.2 Å². The molecule has 0 bridgehead atoms. The van der Waals surface area contributed by atoms with Crippen LogP contribution in [-0.4, -0.2) is 26.9 Å². The van der Waals surface area contributed by atoms with Gasteiger partial charge in [-0.05, 0) is 50.6 Å². The summed E-state index contributed by atoms with van der Waals surface area (Å²) in [7, 11) is 0. The van der Waals surface area contributed by atoms with Crippen LogP contribution in [0.5, 0.6) is 0 Å². The van der Waals surface area contributed by atoms with E-state index in [1.165, 1.54) is 0 Å². The van der Waals surface area contributed by atoms with E-state index in [0.29, 0.717) is 45.4 Å². The van der Waals surface area contributed by atoms with Crippen LogP contribution in [0.1, 0.15) is 49.4 Å². The van der Waals surface area contributed by atoms with Crippen molar-refractivity contribution in [3.8, 4) is 0 Å². The number of halogens is 2. The Hall–Kier alpha value is -2.37. The zero-order valence-electron chi connectivity index (χ0n) is 16.7. The fourth-order valence-corrected chi connectivity index (χ4v) is 3.97. The summed E-state index contributed by atoms with van der Waals surface area (Å²) in [6, 6.07) is 11.7. The number of hydrogen-bond acceptors (Lipinski definition) is 3. The van der Waals surface area contributed by atoms with Crippen LogP contribution in [0.15, 0.2) is 47.3 Å². The van der Waals surface area contributed by atoms with Gasteiger partial charge in [0, 0.05) is 18.1 Å². The molecule has 1 unspecified atom stereocenters. The molecule has 5 nitrogen and oxygen atoms in total. The first-order chi connectivity index (χ1) is 13.9. The molecule has 0 radical (unpaired) electrons. The highest BCUT2D eigenvalue weighted by Crippen LogP contribution is 2.27. The molecule has 1 aromatic heterocycles. The van der Waals surface area contributed by atoms with Crippen LogP contribution in [-0.2, 0) is 6.54 Å². The third-order valence-corrected chi connectivity index (χ3v) is 5.48. The quantitative estimate of drug-likeness (QED) is 0.529. The zero-order valence-corrected chi connectivity index (χ0v) is 18.2. The van der Waals surface area contributed by atoms with Crippen LogP contribution in [0.2, 0.25) is 10.0 Å². The van der Waals surface area contributed by atoms with Crippen LogP contribution < -0.4 is 5.56 Å². The Morgan fingerprint density at radius 3 is 2.55 bits per heavy atom. The molecular formula is C22H23Cl2N3O2. The molecule has 0 aliphatic carbocycles. The second-order valence-electron chi connectivity index (χ2n) is 6.84. The highest BCUT2D eigenvalue weighted by atomic mass is 35.5. The maximum Gasteiger partial charge on any atom is 0.261 e. The molecule has 0 aliphatic rings. The van der Waals surface area contributed by atoms with E-state index >= 15 is 0 Å². The molecule has 0 aliphatic heterocycles. The number of carbonyl (C=O) groups excluding carboxylic acids is 1. The topological polar surface area (TPSA) is 55.2 Å². The Balaban J connectivity index is 2.11. The Kier molecular flexibility index (Phi) is 6.60. The number of nitrogens with zero attached hydrogens (tertiary/aromatic N) is 3. The largest absolute Gasteiger partial charge is 0.329 e. The molecule has 0 N–H and O–H groups in total. The maximum atomic E-state index is 13.3. The van der Waals surface area contributed by atoms with Crippen LogP contribution in [0.25, 0.3) is 10.9 Å². The molecular weight excluding hydrogens is 409 g/mol. The predicted octanol–water partition coefficient (Wildman–Crippen LogP) is 5.34. The summed E-state index contributed by atoms with van der Waals surface area (Å²) in [6.07, 6.45) is 0.755. The van der Waals surface area contributed by atoms with Crippen molar-refractivity contribution in [3.05, 3.63) is 74.3 Å². The number of aromatic nitrogens is 2. The number of hydrogen-bond donors (Lipinski definition) is 0. The number of para-hydroxylation sites is 1. The number of fused-ring (bicyclic) bond motifs is 1. The molecule has 3 rings (SSSR count). The van der Waals surface area contributed by atoms with Crippen molar-refractivity contribution in [2.45, 2.75) is 39.8 Å². The summed E-state index contributed by atoms with van der Waals surface area (Å²) >= 11 is 12.3. The highest BCUT2D eigenvalue weighted by molar-refractivity contribution is 6.36. The molecule has 0 saturated heterocycles. The minimum absolute atomic E-state index is 0.103. The average Bonchev–Trinajstić information content (AvgIpc) is 2.71. The Morgan fingerprint density at radius 2 is 1.90 bits per heavy atom. The van der Waals surface area contributed by atoms with Gasteiger partial charge in [0.25, 0.3) is 11.5 Å². The monoisotopic (exact) mass is 431 g/mol. The molecule has 0 spiro atoms. The van der Waals surface area contributed by atoms with Gasteiger partial charge in [-0.2, -0.15) is 0 Å². The van der Waals surface area contributed by atoms with Crippen LogP contribution in [0.3, 0.4) is 0 Å². The number of carbonyl (C=O) groups is 1. The smallest absolute Gasteiger partial charge is 0.261 e. The van der Waals surface area contributed by atoms with Gasteiger partial charge in [0.1, 0.15) is 5.82 Å². The van der Waals surface area contributed by atoms with Crippen molar-refractivity contribution in [1.29, 1.82) is 0 Å². The van der Waals surface area contributed by atoms with Gasteiger partial charge in [-0.1, -0.05) is 42.3 Å². The first kappa shape index (κ1) is 21.3. The third-order valence-electron chi connectivity index (χ3n) is 4.94. The van der Waals surface area contributed by atoms with E-state index in [1.54, 1.807) is 33.7 Å².